The minimum Gasteiger partial charge on any atom is -0.326 e. The van der Waals surface area contributed by atoms with E-state index >= 15 is 0 Å². The Morgan fingerprint density at radius 2 is 2.10 bits per heavy atom. The minimum atomic E-state index is -3.46. The first-order chi connectivity index (χ1) is 9.92. The summed E-state index contributed by atoms with van der Waals surface area (Å²) in [5, 5.41) is 0. The SMILES string of the molecule is Cc1cnc(=O)n(CCS(=O)(=O)c2cccc(CN)c2)c1. The molecule has 6 nitrogen and oxygen atoms in total. The number of benzene rings is 1. The molecule has 0 saturated carbocycles. The molecule has 0 radical (unpaired) electrons. The number of nitrogens with zero attached hydrogens (tertiary/aromatic N) is 2. The van der Waals surface area contributed by atoms with Crippen LogP contribution in [0, 0.1) is 6.92 Å². The van der Waals surface area contributed by atoms with E-state index in [-0.39, 0.29) is 23.7 Å². The van der Waals surface area contributed by atoms with Crippen molar-refractivity contribution >= 4 is 9.84 Å². The molecule has 1 heterocycles. The van der Waals surface area contributed by atoms with Gasteiger partial charge in [-0.3, -0.25) is 4.57 Å². The van der Waals surface area contributed by atoms with Crippen LogP contribution in [0.1, 0.15) is 11.1 Å². The normalized spacial score (nSPS) is 11.5. The summed E-state index contributed by atoms with van der Waals surface area (Å²) in [5.74, 6) is -0.161. The van der Waals surface area contributed by atoms with Gasteiger partial charge >= 0.3 is 5.69 Å². The summed E-state index contributed by atoms with van der Waals surface area (Å²) in [4.78, 5) is 15.5. The van der Waals surface area contributed by atoms with Crippen molar-refractivity contribution in [2.24, 2.45) is 5.73 Å². The maximum Gasteiger partial charge on any atom is 0.347 e. The number of sulfone groups is 1. The molecule has 0 amide bonds. The smallest absolute Gasteiger partial charge is 0.326 e. The first kappa shape index (κ1) is 15.4. The van der Waals surface area contributed by atoms with Crippen molar-refractivity contribution in [3.63, 3.8) is 0 Å². The maximum atomic E-state index is 12.3. The Morgan fingerprint density at radius 3 is 2.81 bits per heavy atom. The third-order valence-electron chi connectivity index (χ3n) is 3.08. The van der Waals surface area contributed by atoms with Crippen molar-refractivity contribution in [3.8, 4) is 0 Å². The largest absolute Gasteiger partial charge is 0.347 e. The van der Waals surface area contributed by atoms with Crippen LogP contribution in [0.4, 0.5) is 0 Å². The quantitative estimate of drug-likeness (QED) is 0.867. The lowest BCUT2D eigenvalue weighted by atomic mass is 10.2. The number of nitrogens with two attached hydrogens (primary N) is 1. The summed E-state index contributed by atoms with van der Waals surface area (Å²) in [6.07, 6.45) is 3.05. The summed E-state index contributed by atoms with van der Waals surface area (Å²) >= 11 is 0. The lowest BCUT2D eigenvalue weighted by Gasteiger charge is -2.08. The van der Waals surface area contributed by atoms with E-state index in [4.69, 9.17) is 5.73 Å². The third kappa shape index (κ3) is 3.77. The molecule has 0 atom stereocenters. The molecule has 7 heteroatoms. The predicted octanol–water partition coefficient (Wildman–Crippen LogP) is 0.484. The molecule has 21 heavy (non-hydrogen) atoms. The summed E-state index contributed by atoms with van der Waals surface area (Å²) in [5.41, 5.74) is 6.62. The second kappa shape index (κ2) is 6.19. The van der Waals surface area contributed by atoms with Crippen LogP contribution in [-0.4, -0.2) is 23.7 Å². The molecule has 2 N–H and O–H groups in total. The highest BCUT2D eigenvalue weighted by atomic mass is 32.2. The standard InChI is InChI=1S/C14H17N3O3S/c1-11-9-16-14(18)17(10-11)5-6-21(19,20)13-4-2-3-12(7-13)8-15/h2-4,7,9-10H,5-6,8,15H2,1H3. The fourth-order valence-corrected chi connectivity index (χ4v) is 3.22. The molecule has 0 bridgehead atoms. The summed E-state index contributed by atoms with van der Waals surface area (Å²) < 4.78 is 25.9. The Balaban J connectivity index is 2.21. The molecule has 0 fully saturated rings. The molecule has 0 aliphatic rings. The van der Waals surface area contributed by atoms with Crippen molar-refractivity contribution in [2.75, 3.05) is 5.75 Å². The van der Waals surface area contributed by atoms with Gasteiger partial charge in [-0.1, -0.05) is 12.1 Å². The van der Waals surface area contributed by atoms with Gasteiger partial charge in [-0.05, 0) is 30.2 Å². The summed E-state index contributed by atoms with van der Waals surface area (Å²) in [7, 11) is -3.46. The second-order valence-corrected chi connectivity index (χ2v) is 6.89. The molecule has 0 aliphatic heterocycles. The van der Waals surface area contributed by atoms with Gasteiger partial charge in [0.2, 0.25) is 0 Å². The zero-order chi connectivity index (χ0) is 15.5. The fourth-order valence-electron chi connectivity index (χ4n) is 1.93. The van der Waals surface area contributed by atoms with E-state index in [9.17, 15) is 13.2 Å². The van der Waals surface area contributed by atoms with E-state index < -0.39 is 15.5 Å². The van der Waals surface area contributed by atoms with Crippen LogP contribution in [0.2, 0.25) is 0 Å². The van der Waals surface area contributed by atoms with E-state index in [0.717, 1.165) is 11.1 Å². The van der Waals surface area contributed by atoms with Crippen LogP contribution in [0.15, 0.2) is 46.3 Å². The first-order valence-electron chi connectivity index (χ1n) is 6.47. The van der Waals surface area contributed by atoms with Gasteiger partial charge in [0.1, 0.15) is 0 Å². The van der Waals surface area contributed by atoms with Crippen molar-refractivity contribution in [1.29, 1.82) is 0 Å². The molecular weight excluding hydrogens is 290 g/mol. The Kier molecular flexibility index (Phi) is 4.54. The van der Waals surface area contributed by atoms with Crippen molar-refractivity contribution in [2.45, 2.75) is 24.9 Å². The molecular formula is C14H17N3O3S. The van der Waals surface area contributed by atoms with Crippen molar-refractivity contribution < 1.29 is 8.42 Å². The van der Waals surface area contributed by atoms with E-state index in [1.165, 1.54) is 16.8 Å². The molecule has 112 valence electrons. The second-order valence-electron chi connectivity index (χ2n) is 4.78. The molecule has 0 spiro atoms. The summed E-state index contributed by atoms with van der Waals surface area (Å²) in [6, 6.07) is 6.53. The van der Waals surface area contributed by atoms with Crippen LogP contribution in [0.25, 0.3) is 0 Å². The first-order valence-corrected chi connectivity index (χ1v) is 8.12. The molecule has 0 unspecified atom stereocenters. The molecule has 0 saturated heterocycles. The van der Waals surface area contributed by atoms with Gasteiger partial charge in [0, 0.05) is 25.5 Å². The van der Waals surface area contributed by atoms with E-state index in [0.29, 0.717) is 0 Å². The van der Waals surface area contributed by atoms with E-state index in [2.05, 4.69) is 4.98 Å². The highest BCUT2D eigenvalue weighted by molar-refractivity contribution is 7.91. The van der Waals surface area contributed by atoms with Gasteiger partial charge in [0.05, 0.1) is 10.6 Å². The van der Waals surface area contributed by atoms with Gasteiger partial charge in [-0.15, -0.1) is 0 Å². The highest BCUT2D eigenvalue weighted by Gasteiger charge is 2.15. The molecule has 2 rings (SSSR count). The zero-order valence-corrected chi connectivity index (χ0v) is 12.5. The predicted molar refractivity (Wildman–Crippen MR) is 79.6 cm³/mol. The third-order valence-corrected chi connectivity index (χ3v) is 4.77. The van der Waals surface area contributed by atoms with E-state index in [1.54, 1.807) is 31.3 Å². The Labute approximate surface area is 123 Å². The zero-order valence-electron chi connectivity index (χ0n) is 11.7. The van der Waals surface area contributed by atoms with E-state index in [1.807, 2.05) is 0 Å². The number of hydrogen-bond donors (Lipinski definition) is 1. The number of rotatable bonds is 5. The lowest BCUT2D eigenvalue weighted by Crippen LogP contribution is -2.26. The van der Waals surface area contributed by atoms with Gasteiger partial charge in [0.15, 0.2) is 9.84 Å². The summed E-state index contributed by atoms with van der Waals surface area (Å²) in [6.45, 7) is 2.15. The minimum absolute atomic E-state index is 0.0721. The topological polar surface area (TPSA) is 95.0 Å². The van der Waals surface area contributed by atoms with Gasteiger partial charge in [-0.2, -0.15) is 0 Å². The van der Waals surface area contributed by atoms with Crippen LogP contribution >= 0.6 is 0 Å². The molecule has 1 aromatic heterocycles. The Bertz CT molecular complexity index is 797. The van der Waals surface area contributed by atoms with Crippen LogP contribution in [0.5, 0.6) is 0 Å². The van der Waals surface area contributed by atoms with Gasteiger partial charge < -0.3 is 5.73 Å². The number of aryl methyl sites for hydroxylation is 2. The Hall–Kier alpha value is -1.99. The lowest BCUT2D eigenvalue weighted by molar-refractivity contribution is 0.585. The maximum absolute atomic E-state index is 12.3. The van der Waals surface area contributed by atoms with Crippen LogP contribution in [0.3, 0.4) is 0 Å². The van der Waals surface area contributed by atoms with Crippen LogP contribution < -0.4 is 11.4 Å². The molecule has 1 aromatic carbocycles. The average Bonchev–Trinajstić information content (AvgIpc) is 2.48. The van der Waals surface area contributed by atoms with Gasteiger partial charge in [0.25, 0.3) is 0 Å². The molecule has 2 aromatic rings. The van der Waals surface area contributed by atoms with Crippen molar-refractivity contribution in [3.05, 3.63) is 58.3 Å². The average molecular weight is 307 g/mol. The van der Waals surface area contributed by atoms with Crippen molar-refractivity contribution in [1.82, 2.24) is 9.55 Å². The van der Waals surface area contributed by atoms with Crippen LogP contribution in [-0.2, 0) is 22.9 Å². The monoisotopic (exact) mass is 307 g/mol. The highest BCUT2D eigenvalue weighted by Crippen LogP contribution is 2.13. The number of hydrogen-bond acceptors (Lipinski definition) is 5. The number of aromatic nitrogens is 2. The molecule has 0 aliphatic carbocycles. The Morgan fingerprint density at radius 1 is 1.33 bits per heavy atom. The fraction of sp³-hybridized carbons (Fsp3) is 0.286. The van der Waals surface area contributed by atoms with Gasteiger partial charge in [-0.25, -0.2) is 18.2 Å².